The molecule has 1 heterocycles. The minimum atomic E-state index is -0.984. The Morgan fingerprint density at radius 3 is 2.47 bits per heavy atom. The van der Waals surface area contributed by atoms with Gasteiger partial charge in [0.1, 0.15) is 0 Å². The second-order valence-corrected chi connectivity index (χ2v) is 4.73. The number of carbonyl (C=O) groups is 1. The molecule has 0 aliphatic heterocycles. The van der Waals surface area contributed by atoms with Gasteiger partial charge in [-0.05, 0) is 37.5 Å². The standard InChI is InChI=1S/C15H18N2O2/c1-4-6-12-9-13(15(18)19)16-17(12)14-10(2)7-5-8-11(14)3/h5,7-9H,4,6H2,1-3H3,(H,18,19). The summed E-state index contributed by atoms with van der Waals surface area (Å²) >= 11 is 0. The lowest BCUT2D eigenvalue weighted by atomic mass is 10.1. The maximum Gasteiger partial charge on any atom is 0.356 e. The highest BCUT2D eigenvalue weighted by atomic mass is 16.4. The number of para-hydroxylation sites is 1. The van der Waals surface area contributed by atoms with Crippen molar-refractivity contribution >= 4 is 5.97 Å². The van der Waals surface area contributed by atoms with E-state index in [1.165, 1.54) is 0 Å². The Morgan fingerprint density at radius 2 is 1.95 bits per heavy atom. The van der Waals surface area contributed by atoms with Gasteiger partial charge >= 0.3 is 5.97 Å². The smallest absolute Gasteiger partial charge is 0.356 e. The Hall–Kier alpha value is -2.10. The number of benzene rings is 1. The number of rotatable bonds is 4. The predicted octanol–water partition coefficient (Wildman–Crippen LogP) is 3.14. The fraction of sp³-hybridized carbons (Fsp3) is 0.333. The average Bonchev–Trinajstić information content (AvgIpc) is 2.74. The molecule has 2 rings (SSSR count). The van der Waals surface area contributed by atoms with E-state index in [9.17, 15) is 4.79 Å². The summed E-state index contributed by atoms with van der Waals surface area (Å²) in [6, 6.07) is 7.69. The Morgan fingerprint density at radius 1 is 1.32 bits per heavy atom. The molecule has 0 fully saturated rings. The molecule has 19 heavy (non-hydrogen) atoms. The van der Waals surface area contributed by atoms with Crippen LogP contribution in [0.15, 0.2) is 24.3 Å². The quantitative estimate of drug-likeness (QED) is 0.916. The highest BCUT2D eigenvalue weighted by Gasteiger charge is 2.16. The maximum absolute atomic E-state index is 11.1. The largest absolute Gasteiger partial charge is 0.476 e. The summed E-state index contributed by atoms with van der Waals surface area (Å²) in [6.07, 6.45) is 1.77. The second kappa shape index (κ2) is 5.26. The van der Waals surface area contributed by atoms with Crippen LogP contribution in [0.1, 0.15) is 40.7 Å². The lowest BCUT2D eigenvalue weighted by Crippen LogP contribution is -2.07. The molecule has 0 aliphatic rings. The van der Waals surface area contributed by atoms with Crippen molar-refractivity contribution in [3.63, 3.8) is 0 Å². The molecular formula is C15H18N2O2. The number of nitrogens with zero attached hydrogens (tertiary/aromatic N) is 2. The maximum atomic E-state index is 11.1. The van der Waals surface area contributed by atoms with Gasteiger partial charge in [0.15, 0.2) is 5.69 Å². The number of aromatic nitrogens is 2. The Bertz CT molecular complexity index is 594. The molecule has 0 bridgehead atoms. The summed E-state index contributed by atoms with van der Waals surface area (Å²) < 4.78 is 1.78. The van der Waals surface area contributed by atoms with Gasteiger partial charge in [-0.2, -0.15) is 5.10 Å². The molecule has 100 valence electrons. The van der Waals surface area contributed by atoms with Crippen LogP contribution >= 0.6 is 0 Å². The van der Waals surface area contributed by atoms with Crippen LogP contribution < -0.4 is 0 Å². The van der Waals surface area contributed by atoms with Crippen molar-refractivity contribution in [3.8, 4) is 5.69 Å². The molecule has 4 nitrogen and oxygen atoms in total. The molecule has 0 unspecified atom stereocenters. The SMILES string of the molecule is CCCc1cc(C(=O)O)nn1-c1c(C)cccc1C. The van der Waals surface area contributed by atoms with Crippen LogP contribution in [0.3, 0.4) is 0 Å². The summed E-state index contributed by atoms with van der Waals surface area (Å²) in [5.41, 5.74) is 4.22. The molecule has 0 amide bonds. The van der Waals surface area contributed by atoms with E-state index in [4.69, 9.17) is 5.11 Å². The molecule has 0 aliphatic carbocycles. The molecule has 0 radical (unpaired) electrons. The van der Waals surface area contributed by atoms with Gasteiger partial charge in [0.25, 0.3) is 0 Å². The molecule has 2 aromatic rings. The van der Waals surface area contributed by atoms with Gasteiger partial charge in [-0.3, -0.25) is 0 Å². The fourth-order valence-corrected chi connectivity index (χ4v) is 2.29. The van der Waals surface area contributed by atoms with E-state index in [-0.39, 0.29) is 5.69 Å². The first-order valence-electron chi connectivity index (χ1n) is 6.43. The van der Waals surface area contributed by atoms with E-state index in [0.717, 1.165) is 35.3 Å². The van der Waals surface area contributed by atoms with Gasteiger partial charge in [0, 0.05) is 5.69 Å². The highest BCUT2D eigenvalue weighted by molar-refractivity contribution is 5.85. The first kappa shape index (κ1) is 13.3. The van der Waals surface area contributed by atoms with E-state index in [1.54, 1.807) is 10.7 Å². The van der Waals surface area contributed by atoms with E-state index < -0.39 is 5.97 Å². The normalized spacial score (nSPS) is 10.7. The summed E-state index contributed by atoms with van der Waals surface area (Å²) in [7, 11) is 0. The van der Waals surface area contributed by atoms with Gasteiger partial charge in [-0.1, -0.05) is 31.5 Å². The van der Waals surface area contributed by atoms with Crippen LogP contribution in [-0.2, 0) is 6.42 Å². The zero-order valence-electron chi connectivity index (χ0n) is 11.5. The zero-order valence-corrected chi connectivity index (χ0v) is 11.5. The third kappa shape index (κ3) is 2.52. The third-order valence-corrected chi connectivity index (χ3v) is 3.16. The van der Waals surface area contributed by atoms with Gasteiger partial charge in [-0.15, -0.1) is 0 Å². The number of aromatic carboxylic acids is 1. The lowest BCUT2D eigenvalue weighted by Gasteiger charge is -2.12. The molecule has 1 aromatic carbocycles. The number of carboxylic acids is 1. The van der Waals surface area contributed by atoms with Crippen LogP contribution in [0.5, 0.6) is 0 Å². The first-order valence-corrected chi connectivity index (χ1v) is 6.43. The minimum absolute atomic E-state index is 0.103. The Balaban J connectivity index is 2.63. The minimum Gasteiger partial charge on any atom is -0.476 e. The summed E-state index contributed by atoms with van der Waals surface area (Å²) in [6.45, 7) is 6.10. The van der Waals surface area contributed by atoms with Gasteiger partial charge in [0.05, 0.1) is 5.69 Å². The van der Waals surface area contributed by atoms with Crippen LogP contribution in [0.2, 0.25) is 0 Å². The van der Waals surface area contributed by atoms with Crippen molar-refractivity contribution in [3.05, 3.63) is 46.8 Å². The molecule has 4 heteroatoms. The molecular weight excluding hydrogens is 240 g/mol. The molecule has 0 saturated heterocycles. The monoisotopic (exact) mass is 258 g/mol. The topological polar surface area (TPSA) is 55.1 Å². The number of carboxylic acid groups (broad SMARTS) is 1. The van der Waals surface area contributed by atoms with E-state index in [1.807, 2.05) is 32.0 Å². The molecule has 0 saturated carbocycles. The zero-order chi connectivity index (χ0) is 14.0. The molecule has 1 aromatic heterocycles. The third-order valence-electron chi connectivity index (χ3n) is 3.16. The number of hydrogen-bond donors (Lipinski definition) is 1. The molecule has 0 atom stereocenters. The van der Waals surface area contributed by atoms with Crippen molar-refractivity contribution in [1.29, 1.82) is 0 Å². The molecule has 1 N–H and O–H groups in total. The Kier molecular flexibility index (Phi) is 3.69. The summed E-state index contributed by atoms with van der Waals surface area (Å²) in [5.74, 6) is -0.984. The van der Waals surface area contributed by atoms with Crippen LogP contribution in [-0.4, -0.2) is 20.9 Å². The van der Waals surface area contributed by atoms with E-state index >= 15 is 0 Å². The van der Waals surface area contributed by atoms with Crippen molar-refractivity contribution < 1.29 is 9.90 Å². The number of aryl methyl sites for hydroxylation is 3. The average molecular weight is 258 g/mol. The fourth-order valence-electron chi connectivity index (χ4n) is 2.29. The van der Waals surface area contributed by atoms with Crippen molar-refractivity contribution in [2.24, 2.45) is 0 Å². The lowest BCUT2D eigenvalue weighted by molar-refractivity contribution is 0.0690. The van der Waals surface area contributed by atoms with Crippen LogP contribution in [0, 0.1) is 13.8 Å². The second-order valence-electron chi connectivity index (χ2n) is 4.73. The van der Waals surface area contributed by atoms with Gasteiger partial charge < -0.3 is 5.11 Å². The number of hydrogen-bond acceptors (Lipinski definition) is 2. The summed E-state index contributed by atoms with van der Waals surface area (Å²) in [5, 5.41) is 13.3. The molecule has 0 spiro atoms. The first-order chi connectivity index (χ1) is 9.04. The highest BCUT2D eigenvalue weighted by Crippen LogP contribution is 2.21. The van der Waals surface area contributed by atoms with E-state index in [2.05, 4.69) is 12.0 Å². The van der Waals surface area contributed by atoms with Gasteiger partial charge in [-0.25, -0.2) is 9.48 Å². The van der Waals surface area contributed by atoms with Crippen molar-refractivity contribution in [2.45, 2.75) is 33.6 Å². The van der Waals surface area contributed by atoms with Crippen LogP contribution in [0.25, 0.3) is 5.69 Å². The predicted molar refractivity (Wildman–Crippen MR) is 74.0 cm³/mol. The van der Waals surface area contributed by atoms with Crippen molar-refractivity contribution in [2.75, 3.05) is 0 Å². The van der Waals surface area contributed by atoms with Crippen LogP contribution in [0.4, 0.5) is 0 Å². The van der Waals surface area contributed by atoms with Gasteiger partial charge in [0.2, 0.25) is 0 Å². The Labute approximate surface area is 112 Å². The van der Waals surface area contributed by atoms with Crippen molar-refractivity contribution in [1.82, 2.24) is 9.78 Å². The summed E-state index contributed by atoms with van der Waals surface area (Å²) in [4.78, 5) is 11.1. The van der Waals surface area contributed by atoms with E-state index in [0.29, 0.717) is 0 Å².